The fourth-order valence-corrected chi connectivity index (χ4v) is 2.62. The molecule has 0 aliphatic carbocycles. The standard InChI is InChI=1S/C15H15ClFIN2/c16-14-3-1-2-11(15(14)17)9-13(20-19)8-10-4-6-12(18)7-5-10/h1-7,13,20H,8-9,19H2. The largest absolute Gasteiger partial charge is 0.271 e. The van der Waals surface area contributed by atoms with Crippen LogP contribution in [0.25, 0.3) is 0 Å². The predicted molar refractivity (Wildman–Crippen MR) is 89.1 cm³/mol. The van der Waals surface area contributed by atoms with Crippen LogP contribution in [0, 0.1) is 9.39 Å². The zero-order valence-electron chi connectivity index (χ0n) is 10.7. The summed E-state index contributed by atoms with van der Waals surface area (Å²) in [5.74, 6) is 5.22. The fraction of sp³-hybridized carbons (Fsp3) is 0.200. The molecule has 3 N–H and O–H groups in total. The second kappa shape index (κ2) is 7.36. The zero-order chi connectivity index (χ0) is 14.5. The van der Waals surface area contributed by atoms with Gasteiger partial charge in [0.1, 0.15) is 5.82 Å². The van der Waals surface area contributed by atoms with Crippen molar-refractivity contribution >= 4 is 34.2 Å². The monoisotopic (exact) mass is 404 g/mol. The van der Waals surface area contributed by atoms with E-state index in [2.05, 4.69) is 40.1 Å². The van der Waals surface area contributed by atoms with E-state index in [4.69, 9.17) is 17.4 Å². The molecule has 0 saturated carbocycles. The van der Waals surface area contributed by atoms with Gasteiger partial charge in [0.2, 0.25) is 0 Å². The summed E-state index contributed by atoms with van der Waals surface area (Å²) in [7, 11) is 0. The zero-order valence-corrected chi connectivity index (χ0v) is 13.7. The molecular formula is C15H15ClFIN2. The van der Waals surface area contributed by atoms with Crippen LogP contribution in [0.4, 0.5) is 4.39 Å². The summed E-state index contributed by atoms with van der Waals surface area (Å²) in [5, 5.41) is 0.146. The molecule has 0 amide bonds. The number of hydrogen-bond donors (Lipinski definition) is 2. The average Bonchev–Trinajstić information content (AvgIpc) is 2.45. The first-order chi connectivity index (χ1) is 9.60. The van der Waals surface area contributed by atoms with Gasteiger partial charge in [0.15, 0.2) is 0 Å². The Balaban J connectivity index is 2.09. The van der Waals surface area contributed by atoms with Crippen molar-refractivity contribution in [1.29, 1.82) is 0 Å². The van der Waals surface area contributed by atoms with E-state index in [9.17, 15) is 4.39 Å². The van der Waals surface area contributed by atoms with Gasteiger partial charge in [0.05, 0.1) is 5.02 Å². The molecule has 0 radical (unpaired) electrons. The van der Waals surface area contributed by atoms with Crippen molar-refractivity contribution < 1.29 is 4.39 Å². The average molecular weight is 405 g/mol. The first kappa shape index (κ1) is 15.7. The van der Waals surface area contributed by atoms with Crippen molar-refractivity contribution in [1.82, 2.24) is 5.43 Å². The number of hydrogen-bond acceptors (Lipinski definition) is 2. The Kier molecular flexibility index (Phi) is 5.77. The van der Waals surface area contributed by atoms with E-state index in [1.165, 1.54) is 3.57 Å². The molecule has 0 fully saturated rings. The minimum atomic E-state index is -0.364. The number of nitrogens with one attached hydrogen (secondary N) is 1. The summed E-state index contributed by atoms with van der Waals surface area (Å²) >= 11 is 8.05. The minimum absolute atomic E-state index is 0.0389. The maximum atomic E-state index is 13.9. The van der Waals surface area contributed by atoms with E-state index in [1.54, 1.807) is 18.2 Å². The van der Waals surface area contributed by atoms with Crippen LogP contribution in [-0.4, -0.2) is 6.04 Å². The normalized spacial score (nSPS) is 12.4. The summed E-state index contributed by atoms with van der Waals surface area (Å²) in [6.45, 7) is 0. The first-order valence-electron chi connectivity index (χ1n) is 6.23. The number of halogens is 3. The van der Waals surface area contributed by atoms with E-state index in [0.29, 0.717) is 12.0 Å². The van der Waals surface area contributed by atoms with Crippen molar-refractivity contribution in [2.75, 3.05) is 0 Å². The molecule has 0 spiro atoms. The summed E-state index contributed by atoms with van der Waals surface area (Å²) in [5.41, 5.74) is 4.49. The van der Waals surface area contributed by atoms with E-state index < -0.39 is 0 Å². The molecule has 1 atom stereocenters. The lowest BCUT2D eigenvalue weighted by Gasteiger charge is -2.17. The van der Waals surface area contributed by atoms with Gasteiger partial charge in [-0.2, -0.15) is 0 Å². The van der Waals surface area contributed by atoms with Crippen LogP contribution in [0.3, 0.4) is 0 Å². The molecule has 2 nitrogen and oxygen atoms in total. The third kappa shape index (κ3) is 4.15. The van der Waals surface area contributed by atoms with Crippen molar-refractivity contribution in [3.63, 3.8) is 0 Å². The highest BCUT2D eigenvalue weighted by molar-refractivity contribution is 14.1. The smallest absolute Gasteiger partial charge is 0.145 e. The summed E-state index contributed by atoms with van der Waals surface area (Å²) in [4.78, 5) is 0. The van der Waals surface area contributed by atoms with Crippen LogP contribution in [0.2, 0.25) is 5.02 Å². The van der Waals surface area contributed by atoms with Crippen molar-refractivity contribution in [2.45, 2.75) is 18.9 Å². The maximum Gasteiger partial charge on any atom is 0.145 e. The highest BCUT2D eigenvalue weighted by Gasteiger charge is 2.13. The van der Waals surface area contributed by atoms with Crippen molar-refractivity contribution in [3.05, 3.63) is 68.0 Å². The van der Waals surface area contributed by atoms with E-state index in [0.717, 1.165) is 12.0 Å². The lowest BCUT2D eigenvalue weighted by atomic mass is 9.99. The van der Waals surface area contributed by atoms with Gasteiger partial charge in [-0.05, 0) is 64.8 Å². The molecule has 1 unspecified atom stereocenters. The molecular weight excluding hydrogens is 390 g/mol. The predicted octanol–water partition coefficient (Wildman–Crippen LogP) is 3.70. The third-order valence-corrected chi connectivity index (χ3v) is 4.14. The van der Waals surface area contributed by atoms with Crippen molar-refractivity contribution in [3.8, 4) is 0 Å². The molecule has 2 aromatic carbocycles. The molecule has 2 rings (SSSR count). The van der Waals surface area contributed by atoms with Gasteiger partial charge in [-0.1, -0.05) is 35.9 Å². The van der Waals surface area contributed by atoms with Crippen LogP contribution in [-0.2, 0) is 12.8 Å². The lowest BCUT2D eigenvalue weighted by molar-refractivity contribution is 0.506. The highest BCUT2D eigenvalue weighted by atomic mass is 127. The molecule has 0 aromatic heterocycles. The van der Waals surface area contributed by atoms with Gasteiger partial charge >= 0.3 is 0 Å². The number of rotatable bonds is 5. The van der Waals surface area contributed by atoms with Gasteiger partial charge in [-0.3, -0.25) is 11.3 Å². The quantitative estimate of drug-likeness (QED) is 0.453. The summed E-state index contributed by atoms with van der Waals surface area (Å²) in [6.07, 6.45) is 1.23. The first-order valence-corrected chi connectivity index (χ1v) is 7.69. The minimum Gasteiger partial charge on any atom is -0.271 e. The molecule has 106 valence electrons. The van der Waals surface area contributed by atoms with E-state index in [-0.39, 0.29) is 16.9 Å². The van der Waals surface area contributed by atoms with Crippen LogP contribution >= 0.6 is 34.2 Å². The summed E-state index contributed by atoms with van der Waals surface area (Å²) < 4.78 is 15.1. The molecule has 0 saturated heterocycles. The van der Waals surface area contributed by atoms with Gasteiger partial charge in [0, 0.05) is 9.61 Å². The summed E-state index contributed by atoms with van der Waals surface area (Å²) in [6, 6.07) is 13.2. The van der Waals surface area contributed by atoms with Gasteiger partial charge in [0.25, 0.3) is 0 Å². The van der Waals surface area contributed by atoms with Crippen LogP contribution < -0.4 is 11.3 Å². The molecule has 0 aliphatic rings. The molecule has 0 aliphatic heterocycles. The number of nitrogens with two attached hydrogens (primary N) is 1. The Morgan fingerprint density at radius 1 is 1.15 bits per heavy atom. The number of benzene rings is 2. The van der Waals surface area contributed by atoms with Crippen LogP contribution in [0.1, 0.15) is 11.1 Å². The van der Waals surface area contributed by atoms with Crippen molar-refractivity contribution in [2.24, 2.45) is 5.84 Å². The van der Waals surface area contributed by atoms with Crippen LogP contribution in [0.5, 0.6) is 0 Å². The molecule has 0 bridgehead atoms. The SMILES string of the molecule is NNC(Cc1ccc(I)cc1)Cc1cccc(Cl)c1F. The van der Waals surface area contributed by atoms with Crippen LogP contribution in [0.15, 0.2) is 42.5 Å². The molecule has 5 heteroatoms. The Morgan fingerprint density at radius 2 is 1.85 bits per heavy atom. The second-order valence-electron chi connectivity index (χ2n) is 4.61. The Hall–Kier alpha value is -0.690. The molecule has 2 aromatic rings. The van der Waals surface area contributed by atoms with Gasteiger partial charge < -0.3 is 0 Å². The topological polar surface area (TPSA) is 38.0 Å². The molecule has 20 heavy (non-hydrogen) atoms. The lowest BCUT2D eigenvalue weighted by Crippen LogP contribution is -2.38. The fourth-order valence-electron chi connectivity index (χ4n) is 2.07. The Morgan fingerprint density at radius 3 is 2.50 bits per heavy atom. The van der Waals surface area contributed by atoms with Gasteiger partial charge in [-0.15, -0.1) is 0 Å². The highest BCUT2D eigenvalue weighted by Crippen LogP contribution is 2.20. The number of hydrazine groups is 1. The third-order valence-electron chi connectivity index (χ3n) is 3.13. The second-order valence-corrected chi connectivity index (χ2v) is 6.26. The maximum absolute atomic E-state index is 13.9. The van der Waals surface area contributed by atoms with E-state index in [1.807, 2.05) is 12.1 Å². The molecule has 0 heterocycles. The van der Waals surface area contributed by atoms with E-state index >= 15 is 0 Å². The Labute approximate surface area is 136 Å². The Bertz CT molecular complexity index is 575. The van der Waals surface area contributed by atoms with Gasteiger partial charge in [-0.25, -0.2) is 4.39 Å².